The molecule has 2 atom stereocenters. The number of hydrogen-bond donors (Lipinski definition) is 2. The van der Waals surface area contributed by atoms with Crippen LogP contribution in [0.1, 0.15) is 49.9 Å². The monoisotopic (exact) mass is 399 g/mol. The minimum atomic E-state index is -4.44. The number of fused-ring (bicyclic) bond motifs is 1. The van der Waals surface area contributed by atoms with E-state index in [-0.39, 0.29) is 31.0 Å². The van der Waals surface area contributed by atoms with Gasteiger partial charge < -0.3 is 15.3 Å². The largest absolute Gasteiger partial charge is 0.417 e. The summed E-state index contributed by atoms with van der Waals surface area (Å²) in [6.45, 7) is 5.27. The molecular weight excluding hydrogens is 371 g/mol. The first-order valence-electron chi connectivity index (χ1n) is 9.86. The summed E-state index contributed by atoms with van der Waals surface area (Å²) in [5.41, 5.74) is -0.154. The van der Waals surface area contributed by atoms with E-state index in [0.29, 0.717) is 37.2 Å². The maximum Gasteiger partial charge on any atom is 0.417 e. The Kier molecular flexibility index (Phi) is 6.00. The standard InChI is InChI=1S/C20H28F3N3O2/c1-13(2)19(5-3-16(10-19)24-6-8-27)18(28)26-7-4-17-14(12-26)9-15(11-25-17)20(21,22)23/h9,11,13,16,24,27H,3-8,10,12H2,1-2H3/t16-,19+/m1/s1. The molecular formula is C20H28F3N3O2. The molecule has 28 heavy (non-hydrogen) atoms. The second kappa shape index (κ2) is 7.99. The average molecular weight is 399 g/mol. The number of aliphatic hydroxyl groups is 1. The van der Waals surface area contributed by atoms with Crippen molar-refractivity contribution < 1.29 is 23.1 Å². The van der Waals surface area contributed by atoms with E-state index in [1.54, 1.807) is 4.90 Å². The lowest BCUT2D eigenvalue weighted by Crippen LogP contribution is -2.48. The number of aliphatic hydroxyl groups excluding tert-OH is 1. The van der Waals surface area contributed by atoms with Crippen LogP contribution in [0.4, 0.5) is 13.2 Å². The summed E-state index contributed by atoms with van der Waals surface area (Å²) in [5.74, 6) is 0.154. The Morgan fingerprint density at radius 1 is 1.46 bits per heavy atom. The van der Waals surface area contributed by atoms with Crippen LogP contribution in [0.15, 0.2) is 12.3 Å². The molecule has 1 fully saturated rings. The fourth-order valence-electron chi connectivity index (χ4n) is 4.55. The zero-order chi connectivity index (χ0) is 20.5. The molecule has 5 nitrogen and oxygen atoms in total. The second-order valence-corrected chi connectivity index (χ2v) is 8.23. The number of amides is 1. The Labute approximate surface area is 163 Å². The molecule has 1 saturated carbocycles. The maximum atomic E-state index is 13.5. The van der Waals surface area contributed by atoms with Crippen molar-refractivity contribution in [2.45, 2.75) is 58.3 Å². The molecule has 0 spiro atoms. The fraction of sp³-hybridized carbons (Fsp3) is 0.700. The van der Waals surface area contributed by atoms with Crippen molar-refractivity contribution in [1.29, 1.82) is 0 Å². The predicted octanol–water partition coefficient (Wildman–Crippen LogP) is 2.76. The predicted molar refractivity (Wildman–Crippen MR) is 98.4 cm³/mol. The van der Waals surface area contributed by atoms with Crippen LogP contribution < -0.4 is 5.32 Å². The third-order valence-electron chi connectivity index (χ3n) is 6.28. The molecule has 2 aliphatic rings. The molecule has 1 aliphatic heterocycles. The highest BCUT2D eigenvalue weighted by Crippen LogP contribution is 2.46. The second-order valence-electron chi connectivity index (χ2n) is 8.23. The number of rotatable bonds is 5. The van der Waals surface area contributed by atoms with Gasteiger partial charge in [0.25, 0.3) is 0 Å². The van der Waals surface area contributed by atoms with Gasteiger partial charge in [0.05, 0.1) is 17.6 Å². The number of carbonyl (C=O) groups is 1. The molecule has 156 valence electrons. The van der Waals surface area contributed by atoms with Crippen molar-refractivity contribution in [3.63, 3.8) is 0 Å². The van der Waals surface area contributed by atoms with E-state index in [1.807, 2.05) is 13.8 Å². The summed E-state index contributed by atoms with van der Waals surface area (Å²) in [6, 6.07) is 1.30. The number of aromatic nitrogens is 1. The summed E-state index contributed by atoms with van der Waals surface area (Å²) in [5, 5.41) is 12.3. The van der Waals surface area contributed by atoms with Gasteiger partial charge in [0, 0.05) is 44.0 Å². The first-order valence-corrected chi connectivity index (χ1v) is 9.86. The molecule has 0 unspecified atom stereocenters. The highest BCUT2D eigenvalue weighted by molar-refractivity contribution is 5.83. The van der Waals surface area contributed by atoms with E-state index in [1.165, 1.54) is 0 Å². The van der Waals surface area contributed by atoms with E-state index < -0.39 is 17.2 Å². The lowest BCUT2D eigenvalue weighted by molar-refractivity contribution is -0.145. The van der Waals surface area contributed by atoms with Crippen LogP contribution in [0.2, 0.25) is 0 Å². The zero-order valence-electron chi connectivity index (χ0n) is 16.4. The highest BCUT2D eigenvalue weighted by atomic mass is 19.4. The molecule has 1 aromatic rings. The van der Waals surface area contributed by atoms with Gasteiger partial charge in [-0.2, -0.15) is 13.2 Å². The molecule has 3 rings (SSSR count). The van der Waals surface area contributed by atoms with Crippen molar-refractivity contribution in [1.82, 2.24) is 15.2 Å². The number of hydrogen-bond acceptors (Lipinski definition) is 4. The molecule has 1 aromatic heterocycles. The zero-order valence-corrected chi connectivity index (χ0v) is 16.4. The number of alkyl halides is 3. The van der Waals surface area contributed by atoms with Gasteiger partial charge in [-0.15, -0.1) is 0 Å². The van der Waals surface area contributed by atoms with Crippen molar-refractivity contribution in [3.05, 3.63) is 29.1 Å². The lowest BCUT2D eigenvalue weighted by Gasteiger charge is -2.39. The molecule has 0 bridgehead atoms. The quantitative estimate of drug-likeness (QED) is 0.799. The Balaban J connectivity index is 1.79. The minimum Gasteiger partial charge on any atom is -0.395 e. The number of carbonyl (C=O) groups excluding carboxylic acids is 1. The normalized spacial score (nSPS) is 25.2. The van der Waals surface area contributed by atoms with Crippen LogP contribution in [-0.2, 0) is 23.9 Å². The van der Waals surface area contributed by atoms with Gasteiger partial charge in [-0.3, -0.25) is 9.78 Å². The Hall–Kier alpha value is -1.67. The van der Waals surface area contributed by atoms with E-state index in [2.05, 4.69) is 10.3 Å². The van der Waals surface area contributed by atoms with Crippen LogP contribution in [0.3, 0.4) is 0 Å². The van der Waals surface area contributed by atoms with Crippen molar-refractivity contribution in [3.8, 4) is 0 Å². The maximum absolute atomic E-state index is 13.5. The van der Waals surface area contributed by atoms with E-state index in [0.717, 1.165) is 25.1 Å². The van der Waals surface area contributed by atoms with Crippen LogP contribution >= 0.6 is 0 Å². The molecule has 2 heterocycles. The van der Waals surface area contributed by atoms with E-state index in [4.69, 9.17) is 5.11 Å². The van der Waals surface area contributed by atoms with Gasteiger partial charge in [-0.1, -0.05) is 13.8 Å². The molecule has 1 aliphatic carbocycles. The number of pyridine rings is 1. The summed E-state index contributed by atoms with van der Waals surface area (Å²) >= 11 is 0. The van der Waals surface area contributed by atoms with Gasteiger partial charge in [-0.25, -0.2) is 0 Å². The topological polar surface area (TPSA) is 65.5 Å². The number of halogens is 3. The van der Waals surface area contributed by atoms with Gasteiger partial charge in [0.2, 0.25) is 5.91 Å². The van der Waals surface area contributed by atoms with E-state index in [9.17, 15) is 18.0 Å². The fourth-order valence-corrected chi connectivity index (χ4v) is 4.55. The van der Waals surface area contributed by atoms with Crippen LogP contribution in [0.5, 0.6) is 0 Å². The summed E-state index contributed by atoms with van der Waals surface area (Å²) in [7, 11) is 0. The van der Waals surface area contributed by atoms with Crippen LogP contribution in [-0.4, -0.2) is 46.6 Å². The number of nitrogens with one attached hydrogen (secondary N) is 1. The van der Waals surface area contributed by atoms with Crippen molar-refractivity contribution >= 4 is 5.91 Å². The van der Waals surface area contributed by atoms with Gasteiger partial charge >= 0.3 is 6.18 Å². The average Bonchev–Trinajstić information content (AvgIpc) is 3.09. The van der Waals surface area contributed by atoms with Gasteiger partial charge in [-0.05, 0) is 36.8 Å². The Morgan fingerprint density at radius 2 is 2.21 bits per heavy atom. The molecule has 2 N–H and O–H groups in total. The molecule has 1 amide bonds. The summed E-state index contributed by atoms with van der Waals surface area (Å²) < 4.78 is 39.1. The smallest absolute Gasteiger partial charge is 0.395 e. The molecule has 0 saturated heterocycles. The van der Waals surface area contributed by atoms with Gasteiger partial charge in [0.1, 0.15) is 0 Å². The summed E-state index contributed by atoms with van der Waals surface area (Å²) in [6.07, 6.45) is -0.803. The van der Waals surface area contributed by atoms with Crippen molar-refractivity contribution in [2.24, 2.45) is 11.3 Å². The number of nitrogens with zero attached hydrogens (tertiary/aromatic N) is 2. The third-order valence-corrected chi connectivity index (χ3v) is 6.28. The SMILES string of the molecule is CC(C)[C@]1(C(=O)N2CCc3ncc(C(F)(F)F)cc3C2)CC[C@@H](NCCO)C1. The van der Waals surface area contributed by atoms with Crippen molar-refractivity contribution in [2.75, 3.05) is 19.7 Å². The lowest BCUT2D eigenvalue weighted by atomic mass is 9.74. The highest BCUT2D eigenvalue weighted by Gasteiger charge is 2.49. The summed E-state index contributed by atoms with van der Waals surface area (Å²) in [4.78, 5) is 19.2. The first-order chi connectivity index (χ1) is 13.2. The molecule has 8 heteroatoms. The Bertz CT molecular complexity index is 723. The van der Waals surface area contributed by atoms with E-state index >= 15 is 0 Å². The first kappa shape index (κ1) is 21.0. The van der Waals surface area contributed by atoms with Gasteiger partial charge in [0.15, 0.2) is 0 Å². The van der Waals surface area contributed by atoms with Crippen LogP contribution in [0, 0.1) is 11.3 Å². The minimum absolute atomic E-state index is 0.0267. The Morgan fingerprint density at radius 3 is 2.86 bits per heavy atom. The van der Waals surface area contributed by atoms with Crippen LogP contribution in [0.25, 0.3) is 0 Å². The molecule has 0 radical (unpaired) electrons. The molecule has 0 aromatic carbocycles. The third kappa shape index (κ3) is 4.03.